The number of aromatic nitrogens is 2. The van der Waals surface area contributed by atoms with E-state index in [9.17, 15) is 4.79 Å². The molecule has 0 fully saturated rings. The van der Waals surface area contributed by atoms with Gasteiger partial charge in [0, 0.05) is 10.8 Å². The normalized spacial score (nSPS) is 11.8. The summed E-state index contributed by atoms with van der Waals surface area (Å²) in [5, 5.41) is 12.0. The molecule has 0 unspecified atom stereocenters. The smallest absolute Gasteiger partial charge is 0.267 e. The van der Waals surface area contributed by atoms with Crippen molar-refractivity contribution in [1.82, 2.24) is 10.2 Å². The number of carbonyl (C=O) groups is 1. The average molecular weight is 420 g/mol. The number of thioether (sulfide) groups is 1. The third-order valence-corrected chi connectivity index (χ3v) is 5.89. The predicted molar refractivity (Wildman–Crippen MR) is 111 cm³/mol. The number of hydrogen-bond acceptors (Lipinski definition) is 6. The first-order chi connectivity index (χ1) is 13.1. The van der Waals surface area contributed by atoms with Crippen LogP contribution in [0.4, 0.5) is 5.13 Å². The maximum atomic E-state index is 12.5. The molecule has 2 aromatic carbocycles. The molecule has 0 bridgehead atoms. The van der Waals surface area contributed by atoms with Crippen molar-refractivity contribution in [3.05, 3.63) is 65.2 Å². The molecule has 0 spiro atoms. The number of nitrogens with one attached hydrogen (secondary N) is 1. The molecule has 3 aromatic rings. The highest BCUT2D eigenvalue weighted by molar-refractivity contribution is 8.00. The molecule has 1 amide bonds. The van der Waals surface area contributed by atoms with Crippen LogP contribution in [0.5, 0.6) is 5.75 Å². The molecule has 0 aliphatic heterocycles. The van der Waals surface area contributed by atoms with Crippen molar-refractivity contribution >= 4 is 45.7 Å². The van der Waals surface area contributed by atoms with Crippen LogP contribution >= 0.6 is 34.7 Å². The number of benzene rings is 2. The van der Waals surface area contributed by atoms with Crippen molar-refractivity contribution in [1.29, 1.82) is 0 Å². The monoisotopic (exact) mass is 419 g/mol. The molecule has 3 rings (SSSR count). The van der Waals surface area contributed by atoms with E-state index < -0.39 is 6.10 Å². The van der Waals surface area contributed by atoms with Crippen molar-refractivity contribution in [2.45, 2.75) is 29.5 Å². The summed E-state index contributed by atoms with van der Waals surface area (Å²) in [6.07, 6.45) is -0.0846. The lowest BCUT2D eigenvalue weighted by atomic mass is 10.2. The predicted octanol–water partition coefficient (Wildman–Crippen LogP) is 5.28. The van der Waals surface area contributed by atoms with E-state index in [4.69, 9.17) is 16.3 Å². The van der Waals surface area contributed by atoms with Gasteiger partial charge in [0.25, 0.3) is 5.91 Å². The van der Waals surface area contributed by atoms with E-state index in [1.807, 2.05) is 25.1 Å². The molecule has 1 atom stereocenters. The van der Waals surface area contributed by atoms with Crippen LogP contribution in [-0.4, -0.2) is 22.2 Å². The van der Waals surface area contributed by atoms with E-state index in [2.05, 4.69) is 27.6 Å². The number of anilines is 1. The van der Waals surface area contributed by atoms with Gasteiger partial charge in [-0.2, -0.15) is 0 Å². The maximum absolute atomic E-state index is 12.5. The Kier molecular flexibility index (Phi) is 7.09. The number of rotatable bonds is 8. The lowest BCUT2D eigenvalue weighted by Crippen LogP contribution is -2.32. The summed E-state index contributed by atoms with van der Waals surface area (Å²) in [6, 6.07) is 17.1. The summed E-state index contributed by atoms with van der Waals surface area (Å²) >= 11 is 8.81. The van der Waals surface area contributed by atoms with Crippen molar-refractivity contribution in [3.8, 4) is 5.75 Å². The quantitative estimate of drug-likeness (QED) is 0.397. The van der Waals surface area contributed by atoms with Crippen LogP contribution in [0, 0.1) is 0 Å². The highest BCUT2D eigenvalue weighted by atomic mass is 35.5. The molecule has 0 aliphatic carbocycles. The van der Waals surface area contributed by atoms with Gasteiger partial charge in [0.15, 0.2) is 10.4 Å². The summed E-state index contributed by atoms with van der Waals surface area (Å²) in [7, 11) is 0. The Morgan fingerprint density at radius 3 is 2.63 bits per heavy atom. The summed E-state index contributed by atoms with van der Waals surface area (Å²) in [5.74, 6) is 1.15. The molecule has 0 saturated carbocycles. The molecule has 0 radical (unpaired) electrons. The van der Waals surface area contributed by atoms with E-state index in [0.29, 0.717) is 22.3 Å². The molecular weight excluding hydrogens is 402 g/mol. The molecule has 1 N–H and O–H groups in total. The molecular formula is C19H18ClN3O2S2. The highest BCUT2D eigenvalue weighted by Crippen LogP contribution is 2.28. The van der Waals surface area contributed by atoms with Gasteiger partial charge < -0.3 is 4.74 Å². The van der Waals surface area contributed by atoms with Gasteiger partial charge in [-0.3, -0.25) is 10.1 Å². The van der Waals surface area contributed by atoms with Crippen molar-refractivity contribution < 1.29 is 9.53 Å². The number of ether oxygens (including phenoxy) is 1. The number of nitrogens with zero attached hydrogens (tertiary/aromatic N) is 2. The van der Waals surface area contributed by atoms with Crippen LogP contribution in [0.15, 0.2) is 58.9 Å². The molecule has 27 heavy (non-hydrogen) atoms. The van der Waals surface area contributed by atoms with Crippen LogP contribution < -0.4 is 10.1 Å². The summed E-state index contributed by atoms with van der Waals surface area (Å²) in [6.45, 7) is 1.89. The minimum Gasteiger partial charge on any atom is -0.481 e. The zero-order valence-electron chi connectivity index (χ0n) is 14.6. The first-order valence-corrected chi connectivity index (χ1v) is 10.6. The molecule has 140 valence electrons. The highest BCUT2D eigenvalue weighted by Gasteiger charge is 2.20. The third-order valence-electron chi connectivity index (χ3n) is 3.60. The standard InChI is InChI=1S/C19H18ClN3O2S2/c1-2-16(25-15-10-8-14(20)9-11-15)17(24)21-18-22-23-19(27-18)26-12-13-6-4-3-5-7-13/h3-11,16H,2,12H2,1H3,(H,21,22,24)/t16-/m1/s1. The van der Waals surface area contributed by atoms with Crippen LogP contribution in [0.3, 0.4) is 0 Å². The Labute approximate surface area is 171 Å². The van der Waals surface area contributed by atoms with Crippen molar-refractivity contribution in [2.24, 2.45) is 0 Å². The van der Waals surface area contributed by atoms with Gasteiger partial charge in [-0.1, -0.05) is 72.0 Å². The van der Waals surface area contributed by atoms with Gasteiger partial charge in [0.2, 0.25) is 5.13 Å². The summed E-state index contributed by atoms with van der Waals surface area (Å²) < 4.78 is 6.55. The fraction of sp³-hybridized carbons (Fsp3) is 0.211. The molecule has 1 aromatic heterocycles. The Morgan fingerprint density at radius 2 is 1.93 bits per heavy atom. The van der Waals surface area contributed by atoms with Crippen LogP contribution in [0.2, 0.25) is 5.02 Å². The van der Waals surface area contributed by atoms with Gasteiger partial charge in [-0.25, -0.2) is 0 Å². The van der Waals surface area contributed by atoms with Gasteiger partial charge in [0.1, 0.15) is 5.75 Å². The zero-order valence-corrected chi connectivity index (χ0v) is 17.0. The number of carbonyl (C=O) groups excluding carboxylic acids is 1. The minimum atomic E-state index is -0.615. The van der Waals surface area contributed by atoms with Gasteiger partial charge in [0.05, 0.1) is 0 Å². The maximum Gasteiger partial charge on any atom is 0.267 e. The second-order valence-corrected chi connectivity index (χ2v) is 8.24. The largest absolute Gasteiger partial charge is 0.481 e. The number of hydrogen-bond donors (Lipinski definition) is 1. The molecule has 0 saturated heterocycles. The first kappa shape index (κ1) is 19.7. The van der Waals surface area contributed by atoms with E-state index in [0.717, 1.165) is 10.1 Å². The summed E-state index contributed by atoms with van der Waals surface area (Å²) in [5.41, 5.74) is 1.21. The van der Waals surface area contributed by atoms with Crippen LogP contribution in [0.1, 0.15) is 18.9 Å². The van der Waals surface area contributed by atoms with Crippen LogP contribution in [-0.2, 0) is 10.5 Å². The fourth-order valence-corrected chi connectivity index (χ4v) is 4.06. The minimum absolute atomic E-state index is 0.247. The Hall–Kier alpha value is -2.09. The van der Waals surface area contributed by atoms with Gasteiger partial charge in [-0.05, 0) is 36.2 Å². The van der Waals surface area contributed by atoms with Crippen molar-refractivity contribution in [2.75, 3.05) is 5.32 Å². The molecule has 5 nitrogen and oxygen atoms in total. The Morgan fingerprint density at radius 1 is 1.19 bits per heavy atom. The lowest BCUT2D eigenvalue weighted by Gasteiger charge is -2.16. The number of amides is 1. The molecule has 8 heteroatoms. The Bertz CT molecular complexity index is 872. The second-order valence-electron chi connectivity index (χ2n) is 5.61. The van der Waals surface area contributed by atoms with Gasteiger partial charge in [-0.15, -0.1) is 10.2 Å². The van der Waals surface area contributed by atoms with E-state index in [1.54, 1.807) is 36.0 Å². The number of halogens is 1. The first-order valence-electron chi connectivity index (χ1n) is 8.37. The molecule has 0 aliphatic rings. The van der Waals surface area contributed by atoms with Crippen molar-refractivity contribution in [3.63, 3.8) is 0 Å². The third kappa shape index (κ3) is 5.95. The average Bonchev–Trinajstić information content (AvgIpc) is 3.14. The van der Waals surface area contributed by atoms with Crippen LogP contribution in [0.25, 0.3) is 0 Å². The van der Waals surface area contributed by atoms with E-state index in [-0.39, 0.29) is 5.91 Å². The van der Waals surface area contributed by atoms with Gasteiger partial charge >= 0.3 is 0 Å². The SMILES string of the molecule is CC[C@@H](Oc1ccc(Cl)cc1)C(=O)Nc1nnc(SCc2ccccc2)s1. The fourth-order valence-electron chi connectivity index (χ4n) is 2.22. The topological polar surface area (TPSA) is 64.1 Å². The summed E-state index contributed by atoms with van der Waals surface area (Å²) in [4.78, 5) is 12.5. The lowest BCUT2D eigenvalue weighted by molar-refractivity contribution is -0.122. The van der Waals surface area contributed by atoms with E-state index in [1.165, 1.54) is 16.9 Å². The molecule has 1 heterocycles. The van der Waals surface area contributed by atoms with E-state index >= 15 is 0 Å². The zero-order chi connectivity index (χ0) is 19.1. The second kappa shape index (κ2) is 9.73. The Balaban J connectivity index is 1.54.